The second kappa shape index (κ2) is 8.66. The smallest absolute Gasteiger partial charge is 0.271 e. The standard InChI is InChI=1S/C19H26ClN3O4S3/c1-13(2)14-10-11-23(12-14)19-15(20)6-5-7-16(19)21-29(24,25)17-8-9-18(28-17)30(26,27)22(3)4/h5-9,13-14,21H,10-12H2,1-4H3. The van der Waals surface area contributed by atoms with Crippen LogP contribution in [-0.2, 0) is 20.0 Å². The van der Waals surface area contributed by atoms with E-state index < -0.39 is 20.0 Å². The highest BCUT2D eigenvalue weighted by Gasteiger charge is 2.30. The molecule has 1 aromatic heterocycles. The van der Waals surface area contributed by atoms with Crippen molar-refractivity contribution in [1.82, 2.24) is 4.31 Å². The Bertz CT molecular complexity index is 1130. The molecule has 0 saturated carbocycles. The molecule has 2 aromatic rings. The van der Waals surface area contributed by atoms with Crippen LogP contribution in [0.2, 0.25) is 5.02 Å². The minimum Gasteiger partial charge on any atom is -0.368 e. The number of thiophene rings is 1. The van der Waals surface area contributed by atoms with E-state index in [0.29, 0.717) is 39.6 Å². The molecule has 1 aromatic carbocycles. The van der Waals surface area contributed by atoms with Crippen molar-refractivity contribution in [3.05, 3.63) is 35.4 Å². The highest BCUT2D eigenvalue weighted by molar-refractivity contribution is 7.96. The van der Waals surface area contributed by atoms with Crippen LogP contribution in [0.15, 0.2) is 38.8 Å². The summed E-state index contributed by atoms with van der Waals surface area (Å²) in [5.41, 5.74) is 1.04. The number of nitrogens with one attached hydrogen (secondary N) is 1. The normalized spacial score (nSPS) is 17.8. The van der Waals surface area contributed by atoms with Crippen LogP contribution in [0.4, 0.5) is 11.4 Å². The zero-order chi connectivity index (χ0) is 22.3. The Hall–Kier alpha value is -1.33. The van der Waals surface area contributed by atoms with Gasteiger partial charge in [0.25, 0.3) is 20.0 Å². The van der Waals surface area contributed by atoms with Crippen LogP contribution >= 0.6 is 22.9 Å². The lowest BCUT2D eigenvalue weighted by Gasteiger charge is -2.24. The van der Waals surface area contributed by atoms with E-state index >= 15 is 0 Å². The minimum atomic E-state index is -3.98. The van der Waals surface area contributed by atoms with Crippen molar-refractivity contribution in [3.8, 4) is 0 Å². The molecule has 0 spiro atoms. The second-order valence-electron chi connectivity index (χ2n) is 7.84. The van der Waals surface area contributed by atoms with Crippen LogP contribution in [0.25, 0.3) is 0 Å². The van der Waals surface area contributed by atoms with E-state index in [1.54, 1.807) is 18.2 Å². The molecule has 1 aliphatic heterocycles. The monoisotopic (exact) mass is 491 g/mol. The van der Waals surface area contributed by atoms with Gasteiger partial charge in [-0.25, -0.2) is 21.1 Å². The molecule has 3 rings (SSSR count). The first kappa shape index (κ1) is 23.3. The molecule has 1 unspecified atom stereocenters. The number of hydrogen-bond donors (Lipinski definition) is 1. The summed E-state index contributed by atoms with van der Waals surface area (Å²) >= 11 is 7.17. The Morgan fingerprint density at radius 2 is 1.80 bits per heavy atom. The van der Waals surface area contributed by atoms with Crippen LogP contribution in [-0.4, -0.2) is 48.3 Å². The average Bonchev–Trinajstić information content (AvgIpc) is 3.32. The average molecular weight is 492 g/mol. The van der Waals surface area contributed by atoms with Crippen molar-refractivity contribution in [2.45, 2.75) is 28.7 Å². The van der Waals surface area contributed by atoms with Crippen LogP contribution in [0.1, 0.15) is 20.3 Å². The van der Waals surface area contributed by atoms with E-state index in [-0.39, 0.29) is 8.42 Å². The molecule has 1 fully saturated rings. The van der Waals surface area contributed by atoms with Gasteiger partial charge in [-0.15, -0.1) is 11.3 Å². The zero-order valence-electron chi connectivity index (χ0n) is 17.3. The van der Waals surface area contributed by atoms with Crippen LogP contribution in [0.3, 0.4) is 0 Å². The van der Waals surface area contributed by atoms with Gasteiger partial charge in [0, 0.05) is 27.2 Å². The summed E-state index contributed by atoms with van der Waals surface area (Å²) in [5, 5.41) is 0.474. The highest BCUT2D eigenvalue weighted by Crippen LogP contribution is 2.39. The maximum atomic E-state index is 13.0. The van der Waals surface area contributed by atoms with Crippen LogP contribution in [0.5, 0.6) is 0 Å². The Labute approximate surface area is 187 Å². The van der Waals surface area contributed by atoms with E-state index in [1.165, 1.54) is 26.2 Å². The molecule has 11 heteroatoms. The van der Waals surface area contributed by atoms with Crippen molar-refractivity contribution >= 4 is 54.4 Å². The topological polar surface area (TPSA) is 86.8 Å². The van der Waals surface area contributed by atoms with Gasteiger partial charge < -0.3 is 4.90 Å². The van der Waals surface area contributed by atoms with E-state index in [9.17, 15) is 16.8 Å². The van der Waals surface area contributed by atoms with Crippen molar-refractivity contribution in [2.75, 3.05) is 36.8 Å². The Balaban J connectivity index is 1.92. The number of sulfonamides is 2. The third-order valence-electron chi connectivity index (χ3n) is 5.27. The van der Waals surface area contributed by atoms with Gasteiger partial charge in [0.05, 0.1) is 16.4 Å². The molecule has 1 atom stereocenters. The molecule has 2 heterocycles. The molecular formula is C19H26ClN3O4S3. The number of para-hydroxylation sites is 1. The summed E-state index contributed by atoms with van der Waals surface area (Å²) in [6.07, 6.45) is 1.02. The van der Waals surface area contributed by atoms with Gasteiger partial charge in [-0.1, -0.05) is 31.5 Å². The maximum Gasteiger partial charge on any atom is 0.271 e. The van der Waals surface area contributed by atoms with E-state index in [2.05, 4.69) is 23.5 Å². The van der Waals surface area contributed by atoms with Gasteiger partial charge in [-0.05, 0) is 42.5 Å². The molecule has 30 heavy (non-hydrogen) atoms. The molecule has 1 N–H and O–H groups in total. The number of benzene rings is 1. The fourth-order valence-corrected chi connectivity index (χ4v) is 7.71. The van der Waals surface area contributed by atoms with Gasteiger partial charge in [0.2, 0.25) is 0 Å². The fourth-order valence-electron chi connectivity index (χ4n) is 3.41. The summed E-state index contributed by atoms with van der Waals surface area (Å²) in [6, 6.07) is 7.71. The van der Waals surface area contributed by atoms with Crippen molar-refractivity contribution < 1.29 is 16.8 Å². The molecule has 166 valence electrons. The largest absolute Gasteiger partial charge is 0.368 e. The third kappa shape index (κ3) is 4.62. The van der Waals surface area contributed by atoms with E-state index in [1.807, 2.05) is 0 Å². The van der Waals surface area contributed by atoms with Crippen LogP contribution in [0, 0.1) is 11.8 Å². The summed E-state index contributed by atoms with van der Waals surface area (Å²) in [4.78, 5) is 2.11. The number of halogens is 1. The van der Waals surface area contributed by atoms with Gasteiger partial charge in [0.15, 0.2) is 0 Å². The predicted octanol–water partition coefficient (Wildman–Crippen LogP) is 3.93. The molecular weight excluding hydrogens is 466 g/mol. The Kier molecular flexibility index (Phi) is 6.74. The molecule has 1 saturated heterocycles. The van der Waals surface area contributed by atoms with E-state index in [4.69, 9.17) is 11.6 Å². The molecule has 0 aliphatic carbocycles. The molecule has 0 amide bonds. The van der Waals surface area contributed by atoms with Gasteiger partial charge in [-0.2, -0.15) is 0 Å². The molecule has 0 radical (unpaired) electrons. The first-order valence-corrected chi connectivity index (χ1v) is 13.6. The minimum absolute atomic E-state index is 0.0292. The summed E-state index contributed by atoms with van der Waals surface area (Å²) < 4.78 is 54.1. The predicted molar refractivity (Wildman–Crippen MR) is 123 cm³/mol. The van der Waals surface area contributed by atoms with Crippen LogP contribution < -0.4 is 9.62 Å². The van der Waals surface area contributed by atoms with Crippen molar-refractivity contribution in [2.24, 2.45) is 11.8 Å². The first-order chi connectivity index (χ1) is 13.9. The summed E-state index contributed by atoms with van der Waals surface area (Å²) in [6.45, 7) is 5.97. The van der Waals surface area contributed by atoms with Crippen molar-refractivity contribution in [3.63, 3.8) is 0 Å². The first-order valence-electron chi connectivity index (χ1n) is 9.52. The number of rotatable bonds is 7. The van der Waals surface area contributed by atoms with Gasteiger partial charge in [-0.3, -0.25) is 4.72 Å². The van der Waals surface area contributed by atoms with Crippen molar-refractivity contribution in [1.29, 1.82) is 0 Å². The fraction of sp³-hybridized carbons (Fsp3) is 0.474. The lowest BCUT2D eigenvalue weighted by Crippen LogP contribution is -2.23. The molecule has 0 bridgehead atoms. The zero-order valence-corrected chi connectivity index (χ0v) is 20.5. The van der Waals surface area contributed by atoms with Gasteiger partial charge in [0.1, 0.15) is 8.42 Å². The lowest BCUT2D eigenvalue weighted by atomic mass is 9.95. The third-order valence-corrected chi connectivity index (χ3v) is 10.8. The quantitative estimate of drug-likeness (QED) is 0.634. The number of nitrogens with zero attached hydrogens (tertiary/aromatic N) is 2. The Morgan fingerprint density at radius 1 is 1.13 bits per heavy atom. The highest BCUT2D eigenvalue weighted by atomic mass is 35.5. The second-order valence-corrected chi connectivity index (χ2v) is 13.6. The van der Waals surface area contributed by atoms with Gasteiger partial charge >= 0.3 is 0 Å². The van der Waals surface area contributed by atoms with E-state index in [0.717, 1.165) is 23.8 Å². The number of hydrogen-bond acceptors (Lipinski definition) is 6. The SMILES string of the molecule is CC(C)C1CCN(c2c(Cl)cccc2NS(=O)(=O)c2ccc(S(=O)(=O)N(C)C)s2)C1. The molecule has 1 aliphatic rings. The number of anilines is 2. The summed E-state index contributed by atoms with van der Waals surface area (Å²) in [5.74, 6) is 1.04. The molecule has 7 nitrogen and oxygen atoms in total. The lowest BCUT2D eigenvalue weighted by molar-refractivity contribution is 0.423. The Morgan fingerprint density at radius 3 is 2.40 bits per heavy atom. The maximum absolute atomic E-state index is 13.0. The summed E-state index contributed by atoms with van der Waals surface area (Å²) in [7, 11) is -4.87.